The summed E-state index contributed by atoms with van der Waals surface area (Å²) in [6.45, 7) is 0. The molecule has 11 nitrogen and oxygen atoms in total. The van der Waals surface area contributed by atoms with Crippen molar-refractivity contribution in [3.05, 3.63) is 35.4 Å². The van der Waals surface area contributed by atoms with Crippen molar-refractivity contribution in [2.75, 3.05) is 5.32 Å². The molecule has 0 aliphatic carbocycles. The minimum atomic E-state index is -4.84. The Morgan fingerprint density at radius 3 is 2.00 bits per heavy atom. The van der Waals surface area contributed by atoms with E-state index in [2.05, 4.69) is 20.3 Å². The van der Waals surface area contributed by atoms with Crippen LogP contribution in [-0.2, 0) is 20.2 Å². The number of aromatic nitrogens is 3. The molecule has 1 aromatic heterocycles. The number of amides is 1. The van der Waals surface area contributed by atoms with Crippen LogP contribution in [0.25, 0.3) is 0 Å². The highest BCUT2D eigenvalue weighted by Gasteiger charge is 2.21. The van der Waals surface area contributed by atoms with E-state index in [1.807, 2.05) is 0 Å². The first-order valence-electron chi connectivity index (χ1n) is 5.73. The number of rotatable bonds is 4. The fourth-order valence-electron chi connectivity index (χ4n) is 1.51. The van der Waals surface area contributed by atoms with Gasteiger partial charge in [-0.25, -0.2) is 9.97 Å². The van der Waals surface area contributed by atoms with Gasteiger partial charge in [0.15, 0.2) is 0 Å². The molecule has 128 valence electrons. The van der Waals surface area contributed by atoms with Gasteiger partial charge in [0, 0.05) is 5.56 Å². The molecular formula is C10H7ClN4O7S2. The average Bonchev–Trinajstić information content (AvgIpc) is 2.45. The van der Waals surface area contributed by atoms with E-state index in [1.165, 1.54) is 0 Å². The van der Waals surface area contributed by atoms with Crippen molar-refractivity contribution in [3.63, 3.8) is 0 Å². The quantitative estimate of drug-likeness (QED) is 0.609. The topological polar surface area (TPSA) is 177 Å². The molecule has 0 saturated carbocycles. The second-order valence-corrected chi connectivity index (χ2v) is 7.36. The van der Waals surface area contributed by atoms with Crippen LogP contribution in [0.3, 0.4) is 0 Å². The lowest BCUT2D eigenvalue weighted by atomic mass is 10.2. The minimum absolute atomic E-state index is 0.231. The molecule has 0 saturated heterocycles. The second kappa shape index (κ2) is 6.37. The van der Waals surface area contributed by atoms with E-state index in [9.17, 15) is 21.6 Å². The highest BCUT2D eigenvalue weighted by molar-refractivity contribution is 7.86. The second-order valence-electron chi connectivity index (χ2n) is 4.18. The van der Waals surface area contributed by atoms with E-state index < -0.39 is 41.5 Å². The average molecular weight is 395 g/mol. The van der Waals surface area contributed by atoms with Crippen molar-refractivity contribution in [3.8, 4) is 0 Å². The van der Waals surface area contributed by atoms with Crippen LogP contribution in [-0.4, -0.2) is 46.8 Å². The summed E-state index contributed by atoms with van der Waals surface area (Å²) in [5, 5.41) is 1.89. The number of nitrogens with one attached hydrogen (secondary N) is 1. The first kappa shape index (κ1) is 18.2. The molecule has 1 amide bonds. The summed E-state index contributed by atoms with van der Waals surface area (Å²) < 4.78 is 62.8. The minimum Gasteiger partial charge on any atom is -0.290 e. The van der Waals surface area contributed by atoms with Crippen LogP contribution >= 0.6 is 11.6 Å². The van der Waals surface area contributed by atoms with Crippen molar-refractivity contribution < 1.29 is 30.7 Å². The fourth-order valence-corrected chi connectivity index (χ4v) is 2.81. The van der Waals surface area contributed by atoms with Crippen LogP contribution in [0.4, 0.5) is 5.95 Å². The Kier molecular flexibility index (Phi) is 4.82. The Bertz CT molecular complexity index is 973. The van der Waals surface area contributed by atoms with Gasteiger partial charge in [-0.3, -0.25) is 19.2 Å². The van der Waals surface area contributed by atoms with Crippen molar-refractivity contribution >= 4 is 43.7 Å². The SMILES string of the molecule is O=C(Nc1ncnc(Cl)n1)c1cc(S(=O)(=O)O)cc(S(=O)(=O)O)c1. The largest absolute Gasteiger partial charge is 0.294 e. The lowest BCUT2D eigenvalue weighted by Gasteiger charge is -2.07. The molecule has 0 bridgehead atoms. The molecule has 0 atom stereocenters. The first-order chi connectivity index (χ1) is 11.0. The van der Waals surface area contributed by atoms with Gasteiger partial charge < -0.3 is 0 Å². The van der Waals surface area contributed by atoms with Gasteiger partial charge in [-0.15, -0.1) is 0 Å². The number of carbonyl (C=O) groups excluding carboxylic acids is 1. The molecule has 0 spiro atoms. The van der Waals surface area contributed by atoms with Gasteiger partial charge in [-0.1, -0.05) is 0 Å². The molecule has 14 heteroatoms. The Morgan fingerprint density at radius 1 is 1.00 bits per heavy atom. The molecule has 3 N–H and O–H groups in total. The van der Waals surface area contributed by atoms with Crippen molar-refractivity contribution in [2.24, 2.45) is 0 Å². The van der Waals surface area contributed by atoms with E-state index in [-0.39, 0.29) is 11.2 Å². The standard InChI is InChI=1S/C10H7ClN4O7S2/c11-9-12-4-13-10(15-9)14-8(16)5-1-6(23(17,18)19)3-7(2-5)24(20,21)22/h1-4H,(H,17,18,19)(H,20,21,22)(H,12,13,14,15,16). The van der Waals surface area contributed by atoms with E-state index in [4.69, 9.17) is 20.7 Å². The summed E-state index contributed by atoms with van der Waals surface area (Å²) in [7, 11) is -9.68. The number of carbonyl (C=O) groups is 1. The number of anilines is 1. The molecule has 1 aromatic carbocycles. The number of nitrogens with zero attached hydrogens (tertiary/aromatic N) is 3. The Hall–Kier alpha value is -2.19. The molecule has 0 aliphatic rings. The van der Waals surface area contributed by atoms with Gasteiger partial charge >= 0.3 is 0 Å². The Balaban J connectivity index is 2.51. The Morgan fingerprint density at radius 2 is 1.54 bits per heavy atom. The number of hydrogen-bond acceptors (Lipinski definition) is 8. The number of halogens is 1. The van der Waals surface area contributed by atoms with Crippen LogP contribution in [0, 0.1) is 0 Å². The van der Waals surface area contributed by atoms with Crippen LogP contribution in [0.5, 0.6) is 0 Å². The molecule has 1 heterocycles. The van der Waals surface area contributed by atoms with Gasteiger partial charge in [0.1, 0.15) is 6.33 Å². The lowest BCUT2D eigenvalue weighted by molar-refractivity contribution is 0.102. The molecule has 2 rings (SSSR count). The maximum absolute atomic E-state index is 12.1. The van der Waals surface area contributed by atoms with E-state index in [0.717, 1.165) is 6.33 Å². The summed E-state index contributed by atoms with van der Waals surface area (Å²) in [5.74, 6) is -1.31. The zero-order valence-electron chi connectivity index (χ0n) is 11.3. The van der Waals surface area contributed by atoms with Crippen LogP contribution in [0.2, 0.25) is 5.28 Å². The zero-order valence-corrected chi connectivity index (χ0v) is 13.7. The molecule has 0 unspecified atom stereocenters. The number of hydrogen-bond donors (Lipinski definition) is 3. The van der Waals surface area contributed by atoms with Gasteiger partial charge in [0.2, 0.25) is 11.2 Å². The smallest absolute Gasteiger partial charge is 0.290 e. The highest BCUT2D eigenvalue weighted by atomic mass is 35.5. The molecule has 0 radical (unpaired) electrons. The van der Waals surface area contributed by atoms with Crippen LogP contribution < -0.4 is 5.32 Å². The third-order valence-corrected chi connectivity index (χ3v) is 4.35. The molecule has 24 heavy (non-hydrogen) atoms. The van der Waals surface area contributed by atoms with E-state index in [0.29, 0.717) is 18.2 Å². The maximum atomic E-state index is 12.1. The number of benzene rings is 1. The van der Waals surface area contributed by atoms with Gasteiger partial charge in [-0.05, 0) is 29.8 Å². The summed E-state index contributed by atoms with van der Waals surface area (Å²) in [6.07, 6.45) is 0.989. The van der Waals surface area contributed by atoms with E-state index >= 15 is 0 Å². The molecule has 0 fully saturated rings. The van der Waals surface area contributed by atoms with Crippen molar-refractivity contribution in [1.29, 1.82) is 0 Å². The lowest BCUT2D eigenvalue weighted by Crippen LogP contribution is -2.16. The summed E-state index contributed by atoms with van der Waals surface area (Å²) in [5.41, 5.74) is -0.505. The predicted molar refractivity (Wildman–Crippen MR) is 78.9 cm³/mol. The first-order valence-corrected chi connectivity index (χ1v) is 8.98. The highest BCUT2D eigenvalue weighted by Crippen LogP contribution is 2.19. The van der Waals surface area contributed by atoms with Crippen molar-refractivity contribution in [2.45, 2.75) is 9.79 Å². The van der Waals surface area contributed by atoms with Crippen LogP contribution in [0.1, 0.15) is 10.4 Å². The van der Waals surface area contributed by atoms with Crippen molar-refractivity contribution in [1.82, 2.24) is 15.0 Å². The van der Waals surface area contributed by atoms with Crippen LogP contribution in [0.15, 0.2) is 34.3 Å². The monoisotopic (exact) mass is 394 g/mol. The Labute approximate surface area is 140 Å². The van der Waals surface area contributed by atoms with E-state index in [1.54, 1.807) is 0 Å². The normalized spacial score (nSPS) is 12.0. The summed E-state index contributed by atoms with van der Waals surface area (Å²) in [4.78, 5) is 20.9. The summed E-state index contributed by atoms with van der Waals surface area (Å²) in [6, 6.07) is 1.88. The summed E-state index contributed by atoms with van der Waals surface area (Å²) >= 11 is 5.51. The third kappa shape index (κ3) is 4.42. The third-order valence-electron chi connectivity index (χ3n) is 2.51. The van der Waals surface area contributed by atoms with Gasteiger partial charge in [-0.2, -0.15) is 21.8 Å². The van der Waals surface area contributed by atoms with Gasteiger partial charge in [0.25, 0.3) is 26.1 Å². The predicted octanol–water partition coefficient (Wildman–Crippen LogP) is 0.271. The maximum Gasteiger partial charge on any atom is 0.294 e. The fraction of sp³-hybridized carbons (Fsp3) is 0. The zero-order chi connectivity index (χ0) is 18.1. The molecule has 2 aromatic rings. The molecular weight excluding hydrogens is 388 g/mol. The van der Waals surface area contributed by atoms with Gasteiger partial charge in [0.05, 0.1) is 9.79 Å². The molecule has 0 aliphatic heterocycles.